The lowest BCUT2D eigenvalue weighted by atomic mass is 9.80. The van der Waals surface area contributed by atoms with Gasteiger partial charge in [-0.2, -0.15) is 0 Å². The molecule has 1 unspecified atom stereocenters. The number of aryl methyl sites for hydroxylation is 11. The molecule has 7 aromatic carbocycles. The second-order valence-electron chi connectivity index (χ2n) is 30.5. The summed E-state index contributed by atoms with van der Waals surface area (Å²) in [6.07, 6.45) is 46.5. The molecule has 0 saturated carbocycles. The topological polar surface area (TPSA) is 9.23 Å². The second kappa shape index (κ2) is 73.2. The molecule has 0 fully saturated rings. The average Bonchev–Trinajstić information content (AvgIpc) is 0.910. The molecule has 1 nitrogen and oxygen atoms in total. The Bertz CT molecular complexity index is 2590. The molecule has 7 aromatic rings. The highest BCUT2D eigenvalue weighted by Gasteiger charge is 2.18. The Morgan fingerprint density at radius 2 is 0.524 bits per heavy atom. The van der Waals surface area contributed by atoms with Crippen LogP contribution >= 0.6 is 0 Å². The number of hydrogen-bond donors (Lipinski definition) is 0. The fraction of sp³-hybridized carbons (Fsp3) is 0.588. The molecule has 0 amide bonds. The lowest BCUT2D eigenvalue weighted by molar-refractivity contribution is 0.258. The maximum absolute atomic E-state index is 5.69. The molecule has 0 aliphatic carbocycles. The van der Waals surface area contributed by atoms with Gasteiger partial charge in [0.1, 0.15) is 11.5 Å². The van der Waals surface area contributed by atoms with Crippen molar-refractivity contribution in [2.45, 2.75) is 385 Å². The van der Waals surface area contributed by atoms with E-state index in [2.05, 4.69) is 281 Å². The van der Waals surface area contributed by atoms with Crippen LogP contribution in [-0.4, -0.2) is 0 Å². The normalized spacial score (nSPS) is 10.3. The van der Waals surface area contributed by atoms with Crippen LogP contribution in [0.3, 0.4) is 0 Å². The average molecular weight is 1410 g/mol. The summed E-state index contributed by atoms with van der Waals surface area (Å²) in [5.74, 6) is 2.67. The van der Waals surface area contributed by atoms with E-state index in [1.165, 1.54) is 278 Å². The maximum Gasteiger partial charge on any atom is 0.127 e. The van der Waals surface area contributed by atoms with Gasteiger partial charge in [0.15, 0.2) is 0 Å². The number of ether oxygens (including phenoxy) is 1. The van der Waals surface area contributed by atoms with Crippen molar-refractivity contribution in [2.24, 2.45) is 11.3 Å². The Morgan fingerprint density at radius 1 is 0.272 bits per heavy atom. The van der Waals surface area contributed by atoms with Crippen molar-refractivity contribution in [3.05, 3.63) is 236 Å². The summed E-state index contributed by atoms with van der Waals surface area (Å²) < 4.78 is 5.69. The predicted molar refractivity (Wildman–Crippen MR) is 474 cm³/mol. The summed E-state index contributed by atoms with van der Waals surface area (Å²) in [6, 6.07) is 57.0. The molecule has 7 rings (SSSR count). The molecule has 0 radical (unpaired) electrons. The number of hydrogen-bond acceptors (Lipinski definition) is 1. The van der Waals surface area contributed by atoms with Gasteiger partial charge in [0.2, 0.25) is 0 Å². The SMILES string of the molecule is C.CCCC.CCCC(C)CC(C)(C)CC.CCCCCCCC.CCCCCCCCCC.CCCCCCCCCCCCCC.Cc1ccc(C)c(C)c1.Cc1ccc(C)cc1.Cc1ccc(Cc2ccc(C)cc2)cc1.Cc1ccc(Oc2ccc(C)cc2)cc1.Cc1cccc(C)c1. The van der Waals surface area contributed by atoms with Gasteiger partial charge in [-0.25, -0.2) is 0 Å². The van der Waals surface area contributed by atoms with Crippen molar-refractivity contribution in [1.82, 2.24) is 0 Å². The van der Waals surface area contributed by atoms with Crippen LogP contribution < -0.4 is 4.74 Å². The van der Waals surface area contributed by atoms with Crippen LogP contribution in [0.4, 0.5) is 0 Å². The van der Waals surface area contributed by atoms with Gasteiger partial charge < -0.3 is 4.74 Å². The van der Waals surface area contributed by atoms with Crippen LogP contribution in [0.1, 0.15) is 375 Å². The molecule has 0 bridgehead atoms. The summed E-state index contributed by atoms with van der Waals surface area (Å²) >= 11 is 0. The zero-order valence-corrected chi connectivity index (χ0v) is 71.9. The first-order chi connectivity index (χ1) is 48.9. The first-order valence-electron chi connectivity index (χ1n) is 42.0. The van der Waals surface area contributed by atoms with Gasteiger partial charge in [-0.15, -0.1) is 0 Å². The first kappa shape index (κ1) is 104. The van der Waals surface area contributed by atoms with E-state index in [0.717, 1.165) is 23.8 Å². The lowest BCUT2D eigenvalue weighted by Crippen LogP contribution is -2.14. The Kier molecular flexibility index (Phi) is 73.7. The molecule has 1 heteroatoms. The Morgan fingerprint density at radius 3 is 0.748 bits per heavy atom. The number of unbranched alkanes of at least 4 members (excludes halogenated alkanes) is 24. The predicted octanol–water partition coefficient (Wildman–Crippen LogP) is 35.1. The van der Waals surface area contributed by atoms with Crippen LogP contribution in [-0.2, 0) is 6.42 Å². The molecular weight excluding hydrogens is 1240 g/mol. The Balaban J connectivity index is -0.000000536. The minimum atomic E-state index is 0. The maximum atomic E-state index is 5.69. The van der Waals surface area contributed by atoms with E-state index in [4.69, 9.17) is 4.74 Å². The summed E-state index contributed by atoms with van der Waals surface area (Å²) in [6.45, 7) is 52.8. The Hall–Kier alpha value is -5.66. The third kappa shape index (κ3) is 70.4. The highest BCUT2D eigenvalue weighted by molar-refractivity contribution is 5.35. The van der Waals surface area contributed by atoms with E-state index in [9.17, 15) is 0 Å². The van der Waals surface area contributed by atoms with Crippen LogP contribution in [0.25, 0.3) is 0 Å². The first-order valence-corrected chi connectivity index (χ1v) is 42.0. The van der Waals surface area contributed by atoms with Gasteiger partial charge in [0, 0.05) is 0 Å². The third-order valence-electron chi connectivity index (χ3n) is 18.5. The van der Waals surface area contributed by atoms with Gasteiger partial charge in [-0.05, 0) is 147 Å². The van der Waals surface area contributed by atoms with E-state index < -0.39 is 0 Å². The fourth-order valence-corrected chi connectivity index (χ4v) is 11.0. The number of benzene rings is 7. The van der Waals surface area contributed by atoms with Gasteiger partial charge in [-0.3, -0.25) is 0 Å². The highest BCUT2D eigenvalue weighted by atomic mass is 16.5. The zero-order valence-electron chi connectivity index (χ0n) is 71.9. The molecule has 0 spiro atoms. The van der Waals surface area contributed by atoms with Gasteiger partial charge >= 0.3 is 0 Å². The lowest BCUT2D eigenvalue weighted by Gasteiger charge is -2.26. The molecule has 0 heterocycles. The van der Waals surface area contributed by atoms with E-state index in [1.54, 1.807) is 0 Å². The highest BCUT2D eigenvalue weighted by Crippen LogP contribution is 2.30. The summed E-state index contributed by atoms with van der Waals surface area (Å²) in [4.78, 5) is 0. The summed E-state index contributed by atoms with van der Waals surface area (Å²) in [5.41, 5.74) is 17.9. The largest absolute Gasteiger partial charge is 0.457 e. The van der Waals surface area contributed by atoms with Crippen molar-refractivity contribution in [3.63, 3.8) is 0 Å². The molecule has 0 aliphatic rings. The van der Waals surface area contributed by atoms with Crippen molar-refractivity contribution >= 4 is 0 Å². The van der Waals surface area contributed by atoms with Crippen molar-refractivity contribution in [3.8, 4) is 11.5 Å². The van der Waals surface area contributed by atoms with Crippen LogP contribution in [0.2, 0.25) is 0 Å². The molecule has 0 saturated heterocycles. The smallest absolute Gasteiger partial charge is 0.127 e. The van der Waals surface area contributed by atoms with E-state index >= 15 is 0 Å². The molecule has 0 N–H and O–H groups in total. The third-order valence-corrected chi connectivity index (χ3v) is 18.5. The van der Waals surface area contributed by atoms with Gasteiger partial charge in [0.25, 0.3) is 0 Å². The minimum Gasteiger partial charge on any atom is -0.457 e. The van der Waals surface area contributed by atoms with Crippen molar-refractivity contribution < 1.29 is 4.74 Å². The van der Waals surface area contributed by atoms with Gasteiger partial charge in [-0.1, -0.05) is 486 Å². The second-order valence-corrected chi connectivity index (χ2v) is 30.5. The molecule has 584 valence electrons. The zero-order chi connectivity index (χ0) is 76.9. The van der Waals surface area contributed by atoms with Crippen LogP contribution in [0.5, 0.6) is 11.5 Å². The van der Waals surface area contributed by atoms with E-state index in [0.29, 0.717) is 5.41 Å². The molecule has 103 heavy (non-hydrogen) atoms. The molecule has 1 atom stereocenters. The molecule has 0 aromatic heterocycles. The van der Waals surface area contributed by atoms with E-state index in [-0.39, 0.29) is 7.43 Å². The van der Waals surface area contributed by atoms with Crippen LogP contribution in [0.15, 0.2) is 164 Å². The van der Waals surface area contributed by atoms with Crippen molar-refractivity contribution in [2.75, 3.05) is 0 Å². The van der Waals surface area contributed by atoms with E-state index in [1.807, 2.05) is 48.5 Å². The fourth-order valence-electron chi connectivity index (χ4n) is 11.0. The molecule has 0 aliphatic heterocycles. The minimum absolute atomic E-state index is 0. The van der Waals surface area contributed by atoms with Gasteiger partial charge in [0.05, 0.1) is 0 Å². The molecular formula is C102H170O. The monoisotopic (exact) mass is 1410 g/mol. The Labute approximate surface area is 645 Å². The summed E-state index contributed by atoms with van der Waals surface area (Å²) in [7, 11) is 0. The van der Waals surface area contributed by atoms with Crippen molar-refractivity contribution in [1.29, 1.82) is 0 Å². The van der Waals surface area contributed by atoms with Crippen LogP contribution in [0, 0.1) is 87.5 Å². The quantitative estimate of drug-likeness (QED) is 0.0373. The summed E-state index contributed by atoms with van der Waals surface area (Å²) in [5, 5.41) is 0. The standard InChI is InChI=1S/C15H16.C14H14O.C14H30.C11H24.C10H22.C9H12.2C8H10.C8H18.C4H10.CH4/c1-12-3-7-14(8-4-12)11-15-9-5-13(2)6-10-15;1-11-3-7-13(8-4-11)15-14-9-5-12(2)6-10-14;1-3-5-7-9-11-13-14-12-10-8-6-4-2;1-6-8-10(3)9-11(4,5)7-2;1-3-5-7-9-10-8-6-4-2;1-7-4-5-8(2)9(3)6-7;1-7-3-5-8(2)6-4-7;1-7-4-3-5-8(2)6-7;1-3-5-7-8-6-4-2;1-3-4-2;/h3-10H,11H2,1-2H3;3-10H,1-2H3;3-14H2,1-2H3;10H,6-9H2,1-5H3;3-10H2,1-2H3;4-6H,1-3H3;2*3-6H,1-2H3;3-8H2,1-2H3;3-4H2,1-2H3;1H4. The number of rotatable bonds is 33.